The lowest BCUT2D eigenvalue weighted by Crippen LogP contribution is -2.54. The summed E-state index contributed by atoms with van der Waals surface area (Å²) in [5.41, 5.74) is 1.44. The van der Waals surface area contributed by atoms with Gasteiger partial charge < -0.3 is 14.5 Å². The molecular weight excluding hydrogens is 355 g/mol. The van der Waals surface area contributed by atoms with E-state index < -0.39 is 5.41 Å². The van der Waals surface area contributed by atoms with Crippen molar-refractivity contribution in [3.05, 3.63) is 59.9 Å². The van der Waals surface area contributed by atoms with Crippen LogP contribution in [0.4, 0.5) is 10.1 Å². The molecule has 2 aromatic carbocycles. The number of rotatable bonds is 4. The van der Waals surface area contributed by atoms with Crippen LogP contribution in [-0.4, -0.2) is 44.1 Å². The number of hydrogen-bond acceptors (Lipinski definition) is 3. The summed E-state index contributed by atoms with van der Waals surface area (Å²) in [7, 11) is 1.66. The summed E-state index contributed by atoms with van der Waals surface area (Å²) in [4.78, 5) is 17.8. The lowest BCUT2D eigenvalue weighted by molar-refractivity contribution is -0.137. The van der Waals surface area contributed by atoms with Gasteiger partial charge >= 0.3 is 0 Å². The topological polar surface area (TPSA) is 32.8 Å². The van der Waals surface area contributed by atoms with Gasteiger partial charge in [-0.1, -0.05) is 25.0 Å². The summed E-state index contributed by atoms with van der Waals surface area (Å²) in [6, 6.07) is 14.7. The molecule has 0 bridgehead atoms. The molecular formula is C23H27FN2O2. The minimum Gasteiger partial charge on any atom is -0.497 e. The van der Waals surface area contributed by atoms with Crippen molar-refractivity contribution in [2.75, 3.05) is 38.2 Å². The van der Waals surface area contributed by atoms with Gasteiger partial charge in [0, 0.05) is 31.9 Å². The SMILES string of the molecule is COc1ccc(N2CCN(C(=O)C3(c4cccc(F)c4)CCCC3)CC2)cc1. The number of hydrogen-bond donors (Lipinski definition) is 0. The van der Waals surface area contributed by atoms with Gasteiger partial charge in [0.15, 0.2) is 0 Å². The van der Waals surface area contributed by atoms with Gasteiger partial charge in [0.2, 0.25) is 5.91 Å². The molecule has 0 radical (unpaired) electrons. The Morgan fingerprint density at radius 2 is 1.68 bits per heavy atom. The molecule has 28 heavy (non-hydrogen) atoms. The van der Waals surface area contributed by atoms with Crippen LogP contribution in [0, 0.1) is 5.82 Å². The molecule has 2 aliphatic rings. The zero-order chi connectivity index (χ0) is 19.6. The third kappa shape index (κ3) is 3.46. The first-order valence-electron chi connectivity index (χ1n) is 10.1. The zero-order valence-electron chi connectivity index (χ0n) is 16.4. The Bertz CT molecular complexity index is 823. The number of amides is 1. The van der Waals surface area contributed by atoms with Crippen LogP contribution in [0.25, 0.3) is 0 Å². The molecule has 2 fully saturated rings. The van der Waals surface area contributed by atoms with Gasteiger partial charge in [-0.05, 0) is 54.8 Å². The number of ether oxygens (including phenoxy) is 1. The van der Waals surface area contributed by atoms with Crippen LogP contribution in [0.2, 0.25) is 0 Å². The van der Waals surface area contributed by atoms with E-state index in [-0.39, 0.29) is 11.7 Å². The molecule has 1 saturated carbocycles. The van der Waals surface area contributed by atoms with E-state index in [1.165, 1.54) is 6.07 Å². The zero-order valence-corrected chi connectivity index (χ0v) is 16.4. The van der Waals surface area contributed by atoms with Gasteiger partial charge in [-0.25, -0.2) is 4.39 Å². The van der Waals surface area contributed by atoms with E-state index in [1.54, 1.807) is 19.2 Å². The highest BCUT2D eigenvalue weighted by atomic mass is 19.1. The maximum atomic E-state index is 13.8. The van der Waals surface area contributed by atoms with Crippen LogP contribution in [-0.2, 0) is 10.2 Å². The Labute approximate surface area is 165 Å². The predicted molar refractivity (Wildman–Crippen MR) is 108 cm³/mol. The van der Waals surface area contributed by atoms with Crippen LogP contribution >= 0.6 is 0 Å². The Morgan fingerprint density at radius 3 is 2.29 bits per heavy atom. The Balaban J connectivity index is 1.47. The molecule has 0 N–H and O–H groups in total. The summed E-state index contributed by atoms with van der Waals surface area (Å²) in [6.07, 6.45) is 3.67. The predicted octanol–water partition coefficient (Wildman–Crippen LogP) is 3.99. The van der Waals surface area contributed by atoms with E-state index in [0.29, 0.717) is 13.1 Å². The van der Waals surface area contributed by atoms with Crippen molar-refractivity contribution in [1.82, 2.24) is 4.90 Å². The van der Waals surface area contributed by atoms with Crippen molar-refractivity contribution in [1.29, 1.82) is 0 Å². The molecule has 5 heteroatoms. The van der Waals surface area contributed by atoms with Gasteiger partial charge in [-0.3, -0.25) is 4.79 Å². The molecule has 0 atom stereocenters. The summed E-state index contributed by atoms with van der Waals surface area (Å²) < 4.78 is 19.1. The fraction of sp³-hybridized carbons (Fsp3) is 0.435. The first-order chi connectivity index (χ1) is 13.6. The van der Waals surface area contributed by atoms with Crippen LogP contribution in [0.15, 0.2) is 48.5 Å². The first-order valence-corrected chi connectivity index (χ1v) is 10.1. The third-order valence-electron chi connectivity index (χ3n) is 6.25. The number of halogens is 1. The highest BCUT2D eigenvalue weighted by molar-refractivity contribution is 5.89. The summed E-state index contributed by atoms with van der Waals surface area (Å²) in [5, 5.41) is 0. The number of anilines is 1. The van der Waals surface area contributed by atoms with Gasteiger partial charge in [0.25, 0.3) is 0 Å². The Morgan fingerprint density at radius 1 is 1.00 bits per heavy atom. The first kappa shape index (κ1) is 18.8. The third-order valence-corrected chi connectivity index (χ3v) is 6.25. The lowest BCUT2D eigenvalue weighted by Gasteiger charge is -2.41. The average Bonchev–Trinajstić information content (AvgIpc) is 3.25. The Hall–Kier alpha value is -2.56. The molecule has 148 valence electrons. The van der Waals surface area contributed by atoms with Gasteiger partial charge in [0.05, 0.1) is 12.5 Å². The van der Waals surface area contributed by atoms with Crippen molar-refractivity contribution in [3.8, 4) is 5.75 Å². The minimum absolute atomic E-state index is 0.171. The van der Waals surface area contributed by atoms with E-state index >= 15 is 0 Å². The standard InChI is InChI=1S/C23H27FN2O2/c1-28-21-9-7-20(8-10-21)25-13-15-26(16-14-25)22(27)23(11-2-3-12-23)18-5-4-6-19(24)17-18/h4-10,17H,2-3,11-16H2,1H3. The quantitative estimate of drug-likeness (QED) is 0.801. The molecule has 0 spiro atoms. The van der Waals surface area contributed by atoms with Crippen molar-refractivity contribution in [2.24, 2.45) is 0 Å². The van der Waals surface area contributed by atoms with E-state index in [0.717, 1.165) is 55.8 Å². The second-order valence-corrected chi connectivity index (χ2v) is 7.78. The number of piperazine rings is 1. The van der Waals surface area contributed by atoms with Gasteiger partial charge in [-0.2, -0.15) is 0 Å². The smallest absolute Gasteiger partial charge is 0.233 e. The van der Waals surface area contributed by atoms with Crippen molar-refractivity contribution >= 4 is 11.6 Å². The molecule has 1 aliphatic carbocycles. The highest BCUT2D eigenvalue weighted by Gasteiger charge is 2.45. The summed E-state index contributed by atoms with van der Waals surface area (Å²) >= 11 is 0. The minimum atomic E-state index is -0.551. The normalized spacial score (nSPS) is 18.9. The molecule has 2 aromatic rings. The van der Waals surface area contributed by atoms with Crippen molar-refractivity contribution in [2.45, 2.75) is 31.1 Å². The van der Waals surface area contributed by atoms with Crippen LogP contribution in [0.3, 0.4) is 0 Å². The maximum Gasteiger partial charge on any atom is 0.233 e. The summed E-state index contributed by atoms with van der Waals surface area (Å²) in [6.45, 7) is 3.00. The molecule has 0 aromatic heterocycles. The van der Waals surface area contributed by atoms with E-state index in [9.17, 15) is 9.18 Å². The highest BCUT2D eigenvalue weighted by Crippen LogP contribution is 2.43. The second kappa shape index (κ2) is 7.82. The van der Waals surface area contributed by atoms with Crippen molar-refractivity contribution in [3.63, 3.8) is 0 Å². The molecule has 4 rings (SSSR count). The molecule has 1 heterocycles. The lowest BCUT2D eigenvalue weighted by atomic mass is 9.77. The second-order valence-electron chi connectivity index (χ2n) is 7.78. The van der Waals surface area contributed by atoms with E-state index in [4.69, 9.17) is 4.74 Å². The monoisotopic (exact) mass is 382 g/mol. The van der Waals surface area contributed by atoms with E-state index in [1.807, 2.05) is 23.1 Å². The number of carbonyl (C=O) groups excluding carboxylic acids is 1. The molecule has 1 aliphatic heterocycles. The summed E-state index contributed by atoms with van der Waals surface area (Å²) in [5.74, 6) is 0.752. The van der Waals surface area contributed by atoms with E-state index in [2.05, 4.69) is 17.0 Å². The number of benzene rings is 2. The van der Waals surface area contributed by atoms with Crippen molar-refractivity contribution < 1.29 is 13.9 Å². The fourth-order valence-corrected chi connectivity index (χ4v) is 4.65. The molecule has 0 unspecified atom stereocenters. The molecule has 4 nitrogen and oxygen atoms in total. The molecule has 1 amide bonds. The van der Waals surface area contributed by atoms with Crippen LogP contribution in [0.5, 0.6) is 5.75 Å². The average molecular weight is 382 g/mol. The van der Waals surface area contributed by atoms with Gasteiger partial charge in [-0.15, -0.1) is 0 Å². The number of methoxy groups -OCH3 is 1. The van der Waals surface area contributed by atoms with Crippen LogP contribution in [0.1, 0.15) is 31.2 Å². The fourth-order valence-electron chi connectivity index (χ4n) is 4.65. The molecule has 1 saturated heterocycles. The van der Waals surface area contributed by atoms with Crippen LogP contribution < -0.4 is 9.64 Å². The van der Waals surface area contributed by atoms with Gasteiger partial charge in [0.1, 0.15) is 11.6 Å². The maximum absolute atomic E-state index is 13.8. The number of nitrogens with zero attached hydrogens (tertiary/aromatic N) is 2. The Kier molecular flexibility index (Phi) is 5.25. The largest absolute Gasteiger partial charge is 0.497 e. The number of carbonyl (C=O) groups is 1.